The van der Waals surface area contributed by atoms with E-state index in [1.54, 1.807) is 5.43 Å². The highest BCUT2D eigenvalue weighted by Gasteiger charge is 2.16. The highest BCUT2D eigenvalue weighted by molar-refractivity contribution is 5.95. The van der Waals surface area contributed by atoms with Crippen molar-refractivity contribution >= 4 is 17.5 Å². The Morgan fingerprint density at radius 1 is 0.960 bits per heavy atom. The van der Waals surface area contributed by atoms with Crippen LogP contribution in [0.3, 0.4) is 0 Å². The summed E-state index contributed by atoms with van der Waals surface area (Å²) in [6.45, 7) is 0.0848. The number of hydrogen-bond donors (Lipinski definition) is 3. The molecule has 25 heavy (non-hydrogen) atoms. The summed E-state index contributed by atoms with van der Waals surface area (Å²) in [7, 11) is 0. The molecule has 2 amide bonds. The quantitative estimate of drug-likeness (QED) is 0.570. The Kier molecular flexibility index (Phi) is 5.93. The molecule has 2 aromatic carbocycles. The second-order valence-corrected chi connectivity index (χ2v) is 4.91. The maximum Gasteiger partial charge on any atom is 0.317 e. The zero-order valence-electron chi connectivity index (χ0n) is 12.7. The molecule has 132 valence electrons. The van der Waals surface area contributed by atoms with E-state index in [4.69, 9.17) is 0 Å². The lowest BCUT2D eigenvalue weighted by atomic mass is 10.1. The molecule has 0 aromatic heterocycles. The van der Waals surface area contributed by atoms with Crippen LogP contribution in [-0.4, -0.2) is 18.2 Å². The molecule has 0 aliphatic rings. The summed E-state index contributed by atoms with van der Waals surface area (Å²) in [5.74, 6) is -3.71. The van der Waals surface area contributed by atoms with Crippen molar-refractivity contribution in [3.63, 3.8) is 0 Å². The first-order chi connectivity index (χ1) is 11.9. The highest BCUT2D eigenvalue weighted by Crippen LogP contribution is 2.14. The average Bonchev–Trinajstić information content (AvgIpc) is 2.59. The van der Waals surface area contributed by atoms with Crippen LogP contribution in [0, 0.1) is 11.6 Å². The Balaban J connectivity index is 1.96. The summed E-state index contributed by atoms with van der Waals surface area (Å²) in [5.41, 5.74) is 3.92. The highest BCUT2D eigenvalue weighted by atomic mass is 19.3. The maximum absolute atomic E-state index is 14.0. The summed E-state index contributed by atoms with van der Waals surface area (Å²) in [4.78, 5) is 22.3. The van der Waals surface area contributed by atoms with E-state index < -0.39 is 29.9 Å². The molecule has 0 aliphatic heterocycles. The first-order valence-corrected chi connectivity index (χ1v) is 7.03. The molecule has 2 rings (SSSR count). The van der Waals surface area contributed by atoms with E-state index >= 15 is 0 Å². The van der Waals surface area contributed by atoms with E-state index in [1.165, 1.54) is 41.8 Å². The number of alkyl halides is 2. The fraction of sp³-hybridized carbons (Fsp3) is 0.125. The molecule has 2 aromatic rings. The average molecular weight is 355 g/mol. The van der Waals surface area contributed by atoms with E-state index in [0.29, 0.717) is 5.69 Å². The predicted octanol–water partition coefficient (Wildman–Crippen LogP) is 2.60. The molecular weight excluding hydrogens is 342 g/mol. The van der Waals surface area contributed by atoms with Crippen molar-refractivity contribution in [2.45, 2.75) is 13.0 Å². The summed E-state index contributed by atoms with van der Waals surface area (Å²) in [6.07, 6.45) is -3.28. The predicted molar refractivity (Wildman–Crippen MR) is 81.7 cm³/mol. The Bertz CT molecular complexity index is 766. The second kappa shape index (κ2) is 8.13. The molecule has 0 saturated carbocycles. The number of rotatable bonds is 5. The summed E-state index contributed by atoms with van der Waals surface area (Å²) in [5, 5.41) is 2.88. The summed E-state index contributed by atoms with van der Waals surface area (Å²) >= 11 is 0. The van der Waals surface area contributed by atoms with Gasteiger partial charge in [-0.05, 0) is 36.4 Å². The number of hydrazine groups is 1. The molecule has 0 heterocycles. The fourth-order valence-corrected chi connectivity index (χ4v) is 1.84. The minimum atomic E-state index is -3.28. The van der Waals surface area contributed by atoms with E-state index in [-0.39, 0.29) is 17.7 Å². The van der Waals surface area contributed by atoms with Gasteiger partial charge in [-0.15, -0.1) is 0 Å². The largest absolute Gasteiger partial charge is 0.381 e. The molecule has 0 aliphatic carbocycles. The third kappa shape index (κ3) is 5.20. The van der Waals surface area contributed by atoms with Gasteiger partial charge >= 0.3 is 12.3 Å². The number of carbonyl (C=O) groups is 2. The van der Waals surface area contributed by atoms with Gasteiger partial charge in [0.05, 0.1) is 0 Å². The third-order valence-electron chi connectivity index (χ3n) is 3.14. The molecule has 0 fully saturated rings. The van der Waals surface area contributed by atoms with Crippen LogP contribution in [0.25, 0.3) is 0 Å². The van der Waals surface area contributed by atoms with Crippen LogP contribution in [0.5, 0.6) is 0 Å². The molecular formula is C16H13F4N3O2. The van der Waals surface area contributed by atoms with Crippen LogP contribution in [0.15, 0.2) is 42.5 Å². The van der Waals surface area contributed by atoms with Crippen molar-refractivity contribution in [1.29, 1.82) is 0 Å². The van der Waals surface area contributed by atoms with Crippen molar-refractivity contribution in [3.8, 4) is 0 Å². The molecule has 5 nitrogen and oxygen atoms in total. The molecule has 0 atom stereocenters. The second-order valence-electron chi connectivity index (χ2n) is 4.91. The van der Waals surface area contributed by atoms with Gasteiger partial charge in [-0.2, -0.15) is 8.78 Å². The lowest BCUT2D eigenvalue weighted by molar-refractivity contribution is -0.132. The third-order valence-corrected chi connectivity index (χ3v) is 3.14. The number of amides is 2. The molecule has 0 bridgehead atoms. The smallest absolute Gasteiger partial charge is 0.317 e. The maximum atomic E-state index is 14.0. The Morgan fingerprint density at radius 2 is 1.64 bits per heavy atom. The van der Waals surface area contributed by atoms with Gasteiger partial charge in [0.1, 0.15) is 11.6 Å². The number of benzene rings is 2. The van der Waals surface area contributed by atoms with Crippen molar-refractivity contribution in [2.24, 2.45) is 0 Å². The van der Waals surface area contributed by atoms with E-state index in [0.717, 1.165) is 6.07 Å². The van der Waals surface area contributed by atoms with Crippen LogP contribution in [0.4, 0.5) is 23.2 Å². The zero-order chi connectivity index (χ0) is 18.4. The van der Waals surface area contributed by atoms with Crippen molar-refractivity contribution in [3.05, 3.63) is 65.2 Å². The van der Waals surface area contributed by atoms with Gasteiger partial charge in [0.25, 0.3) is 5.91 Å². The molecule has 3 N–H and O–H groups in total. The fourth-order valence-electron chi connectivity index (χ4n) is 1.84. The van der Waals surface area contributed by atoms with E-state index in [2.05, 4.69) is 5.32 Å². The van der Waals surface area contributed by atoms with Gasteiger partial charge in [-0.1, -0.05) is 6.07 Å². The minimum Gasteiger partial charge on any atom is -0.381 e. The van der Waals surface area contributed by atoms with Crippen molar-refractivity contribution in [2.75, 3.05) is 5.32 Å². The van der Waals surface area contributed by atoms with Gasteiger partial charge in [0.15, 0.2) is 0 Å². The van der Waals surface area contributed by atoms with Crippen LogP contribution >= 0.6 is 0 Å². The summed E-state index contributed by atoms with van der Waals surface area (Å²) < 4.78 is 50.8. The molecule has 0 radical (unpaired) electrons. The number of hydrogen-bond acceptors (Lipinski definition) is 3. The number of halogens is 4. The Morgan fingerprint density at radius 3 is 2.24 bits per heavy atom. The zero-order valence-corrected chi connectivity index (χ0v) is 12.7. The number of carbonyl (C=O) groups excluding carboxylic acids is 2. The molecule has 0 saturated heterocycles. The first kappa shape index (κ1) is 18.2. The number of anilines is 1. The normalized spacial score (nSPS) is 10.4. The van der Waals surface area contributed by atoms with Crippen LogP contribution in [0.2, 0.25) is 0 Å². The molecule has 0 spiro atoms. The van der Waals surface area contributed by atoms with E-state index in [1.807, 2.05) is 0 Å². The van der Waals surface area contributed by atoms with Gasteiger partial charge in [-0.3, -0.25) is 20.4 Å². The van der Waals surface area contributed by atoms with Crippen LogP contribution < -0.4 is 16.2 Å². The lowest BCUT2D eigenvalue weighted by Gasteiger charge is -2.10. The first-order valence-electron chi connectivity index (χ1n) is 7.03. The van der Waals surface area contributed by atoms with Crippen LogP contribution in [0.1, 0.15) is 15.9 Å². The van der Waals surface area contributed by atoms with E-state index in [9.17, 15) is 27.2 Å². The van der Waals surface area contributed by atoms with Gasteiger partial charge < -0.3 is 5.32 Å². The van der Waals surface area contributed by atoms with Crippen molar-refractivity contribution in [1.82, 2.24) is 10.9 Å². The van der Waals surface area contributed by atoms with Gasteiger partial charge in [0, 0.05) is 23.4 Å². The van der Waals surface area contributed by atoms with Crippen molar-refractivity contribution < 1.29 is 27.2 Å². The Hall–Kier alpha value is -3.10. The lowest BCUT2D eigenvalue weighted by Crippen LogP contribution is -2.44. The Labute approximate surface area is 140 Å². The van der Waals surface area contributed by atoms with Gasteiger partial charge in [0.2, 0.25) is 0 Å². The number of nitrogens with one attached hydrogen (secondary N) is 3. The van der Waals surface area contributed by atoms with Crippen LogP contribution in [-0.2, 0) is 11.3 Å². The molecule has 0 unspecified atom stereocenters. The van der Waals surface area contributed by atoms with Gasteiger partial charge in [-0.25, -0.2) is 8.78 Å². The monoisotopic (exact) mass is 355 g/mol. The minimum absolute atomic E-state index is 0.0848. The standard InChI is InChI=1S/C16H13F4N3O2/c17-11-3-5-12(6-4-11)21-8-10-2-1-9(7-13(10)18)15(24)22-23-16(25)14(19)20/h1-7,14,21H,8H2,(H,22,24)(H,23,25). The topological polar surface area (TPSA) is 70.2 Å². The molecule has 9 heteroatoms. The SMILES string of the molecule is O=C(NNC(=O)C(F)F)c1ccc(CNc2ccc(F)cc2)c(F)c1. The summed E-state index contributed by atoms with van der Waals surface area (Å²) in [6, 6.07) is 8.98.